The number of fused-ring (bicyclic) bond motifs is 3. The second-order valence-corrected chi connectivity index (χ2v) is 8.25. The molecule has 7 heteroatoms. The van der Waals surface area contributed by atoms with Crippen molar-refractivity contribution in [2.45, 2.75) is 19.1 Å². The van der Waals surface area contributed by atoms with Gasteiger partial charge in [-0.2, -0.15) is 0 Å². The molecule has 24 heavy (non-hydrogen) atoms. The van der Waals surface area contributed by atoms with E-state index >= 15 is 0 Å². The van der Waals surface area contributed by atoms with Crippen molar-refractivity contribution in [3.8, 4) is 5.75 Å². The molecule has 1 amide bonds. The molecule has 1 aromatic carbocycles. The van der Waals surface area contributed by atoms with Gasteiger partial charge in [0.2, 0.25) is 0 Å². The van der Waals surface area contributed by atoms with Gasteiger partial charge in [-0.05, 0) is 39.2 Å². The van der Waals surface area contributed by atoms with Crippen LogP contribution in [0, 0.1) is 0 Å². The van der Waals surface area contributed by atoms with E-state index in [9.17, 15) is 4.79 Å². The topological polar surface area (TPSA) is 54.8 Å². The van der Waals surface area contributed by atoms with E-state index in [2.05, 4.69) is 33.6 Å². The zero-order valence-corrected chi connectivity index (χ0v) is 15.9. The predicted molar refractivity (Wildman–Crippen MR) is 98.0 cm³/mol. The molecule has 0 spiro atoms. The fourth-order valence-corrected chi connectivity index (χ4v) is 5.31. The molecule has 126 valence electrons. The van der Waals surface area contributed by atoms with Crippen LogP contribution < -0.4 is 20.3 Å². The maximum Gasteiger partial charge on any atom is 0.256 e. The van der Waals surface area contributed by atoms with Crippen molar-refractivity contribution in [2.24, 2.45) is 0 Å². The van der Waals surface area contributed by atoms with Gasteiger partial charge >= 0.3 is 0 Å². The number of thiophene rings is 1. The van der Waals surface area contributed by atoms with Gasteiger partial charge in [0, 0.05) is 6.42 Å². The molecular formula is C17H19BrN3O2S+. The van der Waals surface area contributed by atoms with Crippen molar-refractivity contribution in [2.75, 3.05) is 26.0 Å². The zero-order chi connectivity index (χ0) is 16.8. The Balaban J connectivity index is 1.67. The maximum atomic E-state index is 12.7. The van der Waals surface area contributed by atoms with Crippen LogP contribution in [0.1, 0.15) is 32.5 Å². The fraction of sp³-hybridized carbons (Fsp3) is 0.353. The van der Waals surface area contributed by atoms with E-state index in [-0.39, 0.29) is 12.1 Å². The molecule has 1 unspecified atom stereocenters. The lowest BCUT2D eigenvalue weighted by Gasteiger charge is -2.27. The summed E-state index contributed by atoms with van der Waals surface area (Å²) in [6, 6.07) is 5.85. The van der Waals surface area contributed by atoms with Crippen LogP contribution in [-0.2, 0) is 13.0 Å². The number of nitrogens with one attached hydrogen (secondary N) is 3. The maximum absolute atomic E-state index is 12.7. The molecule has 0 saturated heterocycles. The molecule has 5 nitrogen and oxygen atoms in total. The molecule has 3 heterocycles. The van der Waals surface area contributed by atoms with Gasteiger partial charge in [-0.3, -0.25) is 4.79 Å². The van der Waals surface area contributed by atoms with E-state index in [0.29, 0.717) is 0 Å². The first-order valence-electron chi connectivity index (χ1n) is 7.93. The number of rotatable bonds is 2. The molecule has 0 saturated carbocycles. The Morgan fingerprint density at radius 3 is 2.96 bits per heavy atom. The standard InChI is InChI=1S/C17H18BrN3O2S/c1-21-6-5-10-13(8-21)24-17-14(10)16(22)19-15(20-17)9-3-4-12(23-2)11(18)7-9/h3-4,7,15,20H,5-6,8H2,1-2H3,(H,19,22)/p+1/t15-/m0/s1. The van der Waals surface area contributed by atoms with Gasteiger partial charge in [-0.25, -0.2) is 0 Å². The minimum atomic E-state index is -0.225. The minimum absolute atomic E-state index is 0.0257. The summed E-state index contributed by atoms with van der Waals surface area (Å²) in [4.78, 5) is 15.5. The van der Waals surface area contributed by atoms with E-state index in [4.69, 9.17) is 4.74 Å². The Labute approximate surface area is 153 Å². The molecule has 2 aromatic rings. The van der Waals surface area contributed by atoms with Crippen LogP contribution in [0.3, 0.4) is 0 Å². The van der Waals surface area contributed by atoms with Crippen LogP contribution in [0.25, 0.3) is 0 Å². The summed E-state index contributed by atoms with van der Waals surface area (Å²) in [6.45, 7) is 2.08. The largest absolute Gasteiger partial charge is 0.496 e. The number of hydrogen-bond acceptors (Lipinski definition) is 4. The highest BCUT2D eigenvalue weighted by molar-refractivity contribution is 9.10. The summed E-state index contributed by atoms with van der Waals surface area (Å²) in [5.74, 6) is 0.803. The minimum Gasteiger partial charge on any atom is -0.496 e. The van der Waals surface area contributed by atoms with Crippen LogP contribution in [0.15, 0.2) is 22.7 Å². The number of likely N-dealkylation sites (N-methyl/N-ethyl adjacent to an activating group) is 1. The third kappa shape index (κ3) is 2.60. The third-order valence-corrected chi connectivity index (χ3v) is 6.42. The van der Waals surface area contributed by atoms with Gasteiger partial charge in [-0.1, -0.05) is 6.07 Å². The summed E-state index contributed by atoms with van der Waals surface area (Å²) >= 11 is 5.23. The molecule has 1 aromatic heterocycles. The Kier molecular flexibility index (Phi) is 4.02. The van der Waals surface area contributed by atoms with Gasteiger partial charge in [0.25, 0.3) is 5.91 Å². The highest BCUT2D eigenvalue weighted by atomic mass is 79.9. The Morgan fingerprint density at radius 2 is 2.21 bits per heavy atom. The number of hydrogen-bond donors (Lipinski definition) is 3. The van der Waals surface area contributed by atoms with E-state index in [0.717, 1.165) is 45.9 Å². The smallest absolute Gasteiger partial charge is 0.256 e. The number of carbonyl (C=O) groups excluding carboxylic acids is 1. The van der Waals surface area contributed by atoms with Gasteiger partial charge in [-0.15, -0.1) is 11.3 Å². The first-order valence-corrected chi connectivity index (χ1v) is 9.54. The lowest BCUT2D eigenvalue weighted by molar-refractivity contribution is -0.895. The van der Waals surface area contributed by atoms with E-state index < -0.39 is 0 Å². The van der Waals surface area contributed by atoms with Gasteiger partial charge in [0.15, 0.2) is 0 Å². The monoisotopic (exact) mass is 408 g/mol. The molecule has 0 bridgehead atoms. The van der Waals surface area contributed by atoms with Crippen molar-refractivity contribution in [1.29, 1.82) is 0 Å². The second-order valence-electron chi connectivity index (χ2n) is 6.29. The highest BCUT2D eigenvalue weighted by Gasteiger charge is 2.33. The lowest BCUT2D eigenvalue weighted by Crippen LogP contribution is -3.08. The second kappa shape index (κ2) is 6.06. The first-order chi connectivity index (χ1) is 11.6. The SMILES string of the molecule is COc1ccc([C@H]2NC(=O)c3c(sc4c3CC[NH+](C)C4)N2)cc1Br. The number of quaternary nitrogens is 1. The van der Waals surface area contributed by atoms with Crippen molar-refractivity contribution in [1.82, 2.24) is 5.32 Å². The lowest BCUT2D eigenvalue weighted by atomic mass is 10.0. The summed E-state index contributed by atoms with van der Waals surface area (Å²) < 4.78 is 6.15. The zero-order valence-electron chi connectivity index (χ0n) is 13.5. The Bertz CT molecular complexity index is 820. The van der Waals surface area contributed by atoms with Crippen LogP contribution in [0.2, 0.25) is 0 Å². The molecule has 3 N–H and O–H groups in total. The number of benzene rings is 1. The number of carbonyl (C=O) groups is 1. The van der Waals surface area contributed by atoms with Crippen LogP contribution in [0.5, 0.6) is 5.75 Å². The molecular weight excluding hydrogens is 390 g/mol. The fourth-order valence-electron chi connectivity index (χ4n) is 3.36. The van der Waals surface area contributed by atoms with E-state index in [1.54, 1.807) is 18.4 Å². The van der Waals surface area contributed by atoms with Crippen LogP contribution in [0.4, 0.5) is 5.00 Å². The average Bonchev–Trinajstić information content (AvgIpc) is 2.92. The molecule has 2 aliphatic heterocycles. The normalized spacial score (nSPS) is 22.2. The third-order valence-electron chi connectivity index (χ3n) is 4.64. The van der Waals surface area contributed by atoms with Crippen molar-refractivity contribution in [3.63, 3.8) is 0 Å². The van der Waals surface area contributed by atoms with Gasteiger partial charge in [0.05, 0.1) is 35.6 Å². The van der Waals surface area contributed by atoms with Crippen molar-refractivity contribution in [3.05, 3.63) is 44.2 Å². The van der Waals surface area contributed by atoms with Gasteiger partial charge in [0.1, 0.15) is 23.5 Å². The predicted octanol–water partition coefficient (Wildman–Crippen LogP) is 1.94. The molecule has 0 radical (unpaired) electrons. The average molecular weight is 409 g/mol. The molecule has 4 rings (SSSR count). The quantitative estimate of drug-likeness (QED) is 0.711. The number of anilines is 1. The van der Waals surface area contributed by atoms with Crippen LogP contribution >= 0.6 is 27.3 Å². The number of halogens is 1. The summed E-state index contributed by atoms with van der Waals surface area (Å²) in [6.07, 6.45) is 0.748. The van der Waals surface area contributed by atoms with Gasteiger partial charge < -0.3 is 20.3 Å². The molecule has 0 fully saturated rings. The molecule has 2 atom stereocenters. The first kappa shape index (κ1) is 15.9. The van der Waals surface area contributed by atoms with Crippen molar-refractivity contribution >= 4 is 38.2 Å². The molecule has 0 aliphatic carbocycles. The number of amides is 1. The summed E-state index contributed by atoms with van der Waals surface area (Å²) in [7, 11) is 3.84. The number of ether oxygens (including phenoxy) is 1. The summed E-state index contributed by atoms with van der Waals surface area (Å²) in [5, 5.41) is 7.58. The number of methoxy groups -OCH3 is 1. The highest BCUT2D eigenvalue weighted by Crippen LogP contribution is 2.39. The molecule has 2 aliphatic rings. The Hall–Kier alpha value is -1.57. The van der Waals surface area contributed by atoms with E-state index in [1.165, 1.54) is 15.3 Å². The van der Waals surface area contributed by atoms with Crippen molar-refractivity contribution < 1.29 is 14.4 Å². The summed E-state index contributed by atoms with van der Waals surface area (Å²) in [5.41, 5.74) is 3.09. The Morgan fingerprint density at radius 1 is 1.38 bits per heavy atom. The van der Waals surface area contributed by atoms with E-state index in [1.807, 2.05) is 18.2 Å². The van der Waals surface area contributed by atoms with Crippen LogP contribution in [-0.4, -0.2) is 26.6 Å².